The Morgan fingerprint density at radius 2 is 1.52 bits per heavy atom. The van der Waals surface area contributed by atoms with Crippen molar-refractivity contribution in [1.29, 1.82) is 0 Å². The van der Waals surface area contributed by atoms with Gasteiger partial charge >= 0.3 is 24.0 Å². The second kappa shape index (κ2) is 15.8. The summed E-state index contributed by atoms with van der Waals surface area (Å²) in [6.07, 6.45) is -3.23. The molecule has 1 saturated heterocycles. The second-order valence-electron chi connectivity index (χ2n) is 20.8. The van der Waals surface area contributed by atoms with Crippen molar-refractivity contribution in [3.05, 3.63) is 82.9 Å². The van der Waals surface area contributed by atoms with E-state index in [4.69, 9.17) is 28.4 Å². The van der Waals surface area contributed by atoms with E-state index in [-0.39, 0.29) is 24.7 Å². The predicted molar refractivity (Wildman–Crippen MR) is 231 cm³/mol. The van der Waals surface area contributed by atoms with Crippen molar-refractivity contribution in [2.45, 2.75) is 149 Å². The van der Waals surface area contributed by atoms with Crippen LogP contribution in [0.5, 0.6) is 0 Å². The van der Waals surface area contributed by atoms with E-state index in [0.29, 0.717) is 36.0 Å². The number of rotatable bonds is 10. The van der Waals surface area contributed by atoms with Gasteiger partial charge in [-0.05, 0) is 93.9 Å². The van der Waals surface area contributed by atoms with Crippen LogP contribution in [0.15, 0.2) is 71.8 Å². The Morgan fingerprint density at radius 1 is 0.921 bits per heavy atom. The first kappa shape index (κ1) is 46.4. The summed E-state index contributed by atoms with van der Waals surface area (Å²) in [4.78, 5) is 72.1. The molecule has 2 bridgehead atoms. The summed E-state index contributed by atoms with van der Waals surface area (Å²) in [6.45, 7) is 19.8. The van der Waals surface area contributed by atoms with Crippen molar-refractivity contribution < 1.29 is 57.5 Å². The average Bonchev–Trinajstić information content (AvgIpc) is 4.00. The Hall–Kier alpha value is -4.59. The molecule has 2 N–H and O–H groups in total. The molecule has 63 heavy (non-hydrogen) atoms. The van der Waals surface area contributed by atoms with Gasteiger partial charge in [0.1, 0.15) is 29.7 Å². The molecular formula is C50H65NO12. The molecule has 1 aliphatic heterocycles. The van der Waals surface area contributed by atoms with Crippen LogP contribution in [0, 0.1) is 33.5 Å². The first-order chi connectivity index (χ1) is 29.3. The Morgan fingerprint density at radius 3 is 2.05 bits per heavy atom. The van der Waals surface area contributed by atoms with E-state index in [1.165, 1.54) is 21.0 Å². The zero-order valence-corrected chi connectivity index (χ0v) is 38.8. The number of aliphatic hydroxyl groups is 1. The number of carbonyl (C=O) groups is 5. The van der Waals surface area contributed by atoms with E-state index < -0.39 is 98.8 Å². The number of methoxy groups -OCH3 is 1. The number of carbonyl (C=O) groups excluding carboxylic acids is 5. The lowest BCUT2D eigenvalue weighted by Gasteiger charge is -2.69. The lowest BCUT2D eigenvalue weighted by Crippen LogP contribution is -2.79. The third kappa shape index (κ3) is 7.39. The number of allylic oxidation sites excluding steroid dienone is 1. The fraction of sp³-hybridized carbons (Fsp3) is 0.620. The Labute approximate surface area is 370 Å². The topological polar surface area (TPSA) is 173 Å². The predicted octanol–water partition coefficient (Wildman–Crippen LogP) is 7.48. The molecule has 1 spiro atoms. The van der Waals surface area contributed by atoms with Crippen molar-refractivity contribution in [1.82, 2.24) is 5.32 Å². The van der Waals surface area contributed by atoms with Gasteiger partial charge in [-0.15, -0.1) is 0 Å². The summed E-state index contributed by atoms with van der Waals surface area (Å²) < 4.78 is 37.5. The molecule has 342 valence electrons. The minimum Gasteiger partial charge on any atom is -0.459 e. The highest BCUT2D eigenvalue weighted by atomic mass is 16.6. The molecule has 5 aliphatic rings. The van der Waals surface area contributed by atoms with E-state index in [1.54, 1.807) is 75.4 Å². The number of esters is 3. The molecule has 2 aromatic rings. The van der Waals surface area contributed by atoms with E-state index in [2.05, 4.69) is 5.32 Å². The number of amides is 1. The normalized spacial score (nSPS) is 33.3. The van der Waals surface area contributed by atoms with Crippen molar-refractivity contribution in [3.8, 4) is 0 Å². The maximum atomic E-state index is 16.0. The number of nitrogens with one attached hydrogen (secondary N) is 1. The van der Waals surface area contributed by atoms with Gasteiger partial charge < -0.3 is 38.8 Å². The number of fused-ring (bicyclic) bond motifs is 6. The molecule has 7 rings (SSSR count). The Bertz CT molecular complexity index is 2170. The minimum atomic E-state index is -2.12. The number of hydrogen-bond donors (Lipinski definition) is 2. The van der Waals surface area contributed by atoms with Gasteiger partial charge in [0.25, 0.3) is 0 Å². The van der Waals surface area contributed by atoms with Crippen molar-refractivity contribution in [3.63, 3.8) is 0 Å². The van der Waals surface area contributed by atoms with Crippen LogP contribution >= 0.6 is 0 Å². The molecule has 0 aromatic heterocycles. The maximum absolute atomic E-state index is 16.0. The average molecular weight is 872 g/mol. The number of alkyl carbamates (subject to hydrolysis) is 1. The summed E-state index contributed by atoms with van der Waals surface area (Å²) in [5.41, 5.74) is -6.11. The number of Topliss-reactive ketones (excluding diaryl/α,β-unsaturated/α-hetero) is 1. The summed E-state index contributed by atoms with van der Waals surface area (Å²) in [6, 6.07) is 16.4. The summed E-state index contributed by atoms with van der Waals surface area (Å²) in [5, 5.41) is 14.9. The standard InChI is InChI=1S/C50H65NO12/c1-28-25-34-50(27-59-34,62-30(3)52)38-39(61-42(55)48(11,57)32-21-17-14-18-22-32)46(9)26-33(29(2)37(45(46,7)8)49(23-24-49)41(54)47(28,38)10)60-40(53)36(58-12)35(31-19-15-13-16-20-31)51-43(56)63-44(4,5)6/h13-22,28,33-36,38-39,57H,23-27H2,1-12H3,(H,51,56)/t28?,33-,34+,35-,36+,38-,39-,46?,47?,48-,50-/m0/s1. The van der Waals surface area contributed by atoms with Crippen molar-refractivity contribution in [2.75, 3.05) is 13.7 Å². The quantitative estimate of drug-likeness (QED) is 0.137. The largest absolute Gasteiger partial charge is 0.459 e. The molecule has 0 radical (unpaired) electrons. The molecule has 4 fully saturated rings. The van der Waals surface area contributed by atoms with Crippen molar-refractivity contribution >= 4 is 29.8 Å². The molecule has 3 saturated carbocycles. The first-order valence-electron chi connectivity index (χ1n) is 22.2. The van der Waals surface area contributed by atoms with Gasteiger partial charge in [-0.3, -0.25) is 9.59 Å². The van der Waals surface area contributed by atoms with Gasteiger partial charge in [0.15, 0.2) is 17.3 Å². The third-order valence-corrected chi connectivity index (χ3v) is 15.6. The fourth-order valence-corrected chi connectivity index (χ4v) is 11.9. The summed E-state index contributed by atoms with van der Waals surface area (Å²) in [7, 11) is 1.36. The van der Waals surface area contributed by atoms with E-state index in [0.717, 1.165) is 5.57 Å². The van der Waals surface area contributed by atoms with Gasteiger partial charge in [0.05, 0.1) is 24.0 Å². The van der Waals surface area contributed by atoms with Crippen LogP contribution in [-0.2, 0) is 53.2 Å². The van der Waals surface area contributed by atoms with Gasteiger partial charge in [0, 0.05) is 24.9 Å². The Kier molecular flexibility index (Phi) is 11.7. The SMILES string of the molecule is CO[C@@H](C(=O)O[C@H]1CC2(C)[C@@H](OC(=O)[C@@](C)(O)c3ccccc3)[C@H]3C(C)(C(=O)C4(CC4)C(=C1C)C2(C)C)C(C)C[C@H]1OC[C@]13OC(C)=O)[C@@H](NC(=O)OC(C)(C)C)c1ccccc1. The van der Waals surface area contributed by atoms with Crippen LogP contribution in [0.3, 0.4) is 0 Å². The van der Waals surface area contributed by atoms with Crippen LogP contribution in [0.4, 0.5) is 4.79 Å². The van der Waals surface area contributed by atoms with Crippen LogP contribution in [0.2, 0.25) is 0 Å². The highest BCUT2D eigenvalue weighted by Gasteiger charge is 2.79. The summed E-state index contributed by atoms with van der Waals surface area (Å²) in [5.74, 6) is -3.57. The van der Waals surface area contributed by atoms with Gasteiger partial charge in [-0.2, -0.15) is 0 Å². The lowest BCUT2D eigenvalue weighted by atomic mass is 9.39. The van der Waals surface area contributed by atoms with E-state index >= 15 is 4.79 Å². The minimum absolute atomic E-state index is 0.0225. The number of hydrogen-bond acceptors (Lipinski definition) is 12. The first-order valence-corrected chi connectivity index (χ1v) is 22.2. The highest BCUT2D eigenvalue weighted by Crippen LogP contribution is 2.75. The van der Waals surface area contributed by atoms with E-state index in [1.807, 2.05) is 47.6 Å². The lowest BCUT2D eigenvalue weighted by molar-refractivity contribution is -0.337. The van der Waals surface area contributed by atoms with E-state index in [9.17, 15) is 24.3 Å². The van der Waals surface area contributed by atoms with Gasteiger partial charge in [0.2, 0.25) is 0 Å². The van der Waals surface area contributed by atoms with Crippen LogP contribution < -0.4 is 5.32 Å². The highest BCUT2D eigenvalue weighted by molar-refractivity contribution is 5.97. The fourth-order valence-electron chi connectivity index (χ4n) is 11.9. The zero-order chi connectivity index (χ0) is 46.3. The molecule has 4 aliphatic carbocycles. The second-order valence-corrected chi connectivity index (χ2v) is 20.8. The van der Waals surface area contributed by atoms with Crippen molar-refractivity contribution in [2.24, 2.45) is 33.5 Å². The third-order valence-electron chi connectivity index (χ3n) is 15.6. The Balaban J connectivity index is 1.39. The molecular weight excluding hydrogens is 807 g/mol. The van der Waals surface area contributed by atoms with Gasteiger partial charge in [-0.1, -0.05) is 95.3 Å². The van der Waals surface area contributed by atoms with Crippen LogP contribution in [0.1, 0.15) is 119 Å². The maximum Gasteiger partial charge on any atom is 0.408 e. The van der Waals surface area contributed by atoms with Crippen LogP contribution in [-0.4, -0.2) is 84.2 Å². The zero-order valence-electron chi connectivity index (χ0n) is 38.8. The number of benzene rings is 2. The molecule has 3 unspecified atom stereocenters. The monoisotopic (exact) mass is 871 g/mol. The summed E-state index contributed by atoms with van der Waals surface area (Å²) >= 11 is 0. The van der Waals surface area contributed by atoms with Crippen LogP contribution in [0.25, 0.3) is 0 Å². The molecule has 2 aromatic carbocycles. The number of ether oxygens (including phenoxy) is 6. The smallest absolute Gasteiger partial charge is 0.408 e. The number of ketones is 1. The molecule has 1 amide bonds. The molecule has 13 heteroatoms. The molecule has 13 nitrogen and oxygen atoms in total. The van der Waals surface area contributed by atoms with Gasteiger partial charge in [-0.25, -0.2) is 14.4 Å². The molecule has 1 heterocycles. The molecule has 11 atom stereocenters.